The monoisotopic (exact) mass is 321 g/mol. The lowest BCUT2D eigenvalue weighted by atomic mass is 10.0. The van der Waals surface area contributed by atoms with Crippen LogP contribution >= 0.6 is 0 Å². The summed E-state index contributed by atoms with van der Waals surface area (Å²) in [5.41, 5.74) is 0.166. The first kappa shape index (κ1) is 15.6. The molecule has 1 fully saturated rings. The number of rotatable bonds is 1. The Balaban J connectivity index is 1.86. The van der Waals surface area contributed by atoms with Crippen LogP contribution in [0.25, 0.3) is 5.78 Å². The number of fused-ring (bicyclic) bond motifs is 1. The van der Waals surface area contributed by atoms with Crippen LogP contribution in [0.1, 0.15) is 44.5 Å². The highest BCUT2D eigenvalue weighted by molar-refractivity contribution is 5.68. The maximum Gasteiger partial charge on any atom is 0.410 e. The van der Waals surface area contributed by atoms with Crippen LogP contribution in [-0.2, 0) is 4.74 Å². The van der Waals surface area contributed by atoms with Gasteiger partial charge in [-0.25, -0.2) is 14.2 Å². The normalized spacial score (nSPS) is 18.7. The van der Waals surface area contributed by atoms with Gasteiger partial charge in [-0.05, 0) is 34.1 Å². The third-order valence-corrected chi connectivity index (χ3v) is 3.79. The Bertz CT molecular complexity index is 752. The second kappa shape index (κ2) is 5.43. The molecule has 2 aromatic rings. The van der Waals surface area contributed by atoms with E-state index in [1.807, 2.05) is 20.8 Å². The van der Waals surface area contributed by atoms with Crippen molar-refractivity contribution in [2.45, 2.75) is 45.6 Å². The maximum absolute atomic E-state index is 14.6. The quantitative estimate of drug-likeness (QED) is 0.806. The van der Waals surface area contributed by atoms with Gasteiger partial charge >= 0.3 is 6.09 Å². The average Bonchev–Trinajstić information content (AvgIpc) is 3.07. The van der Waals surface area contributed by atoms with E-state index < -0.39 is 5.60 Å². The minimum Gasteiger partial charge on any atom is -0.444 e. The number of carbonyl (C=O) groups is 1. The summed E-state index contributed by atoms with van der Waals surface area (Å²) in [5.74, 6) is -0.179. The SMILES string of the molecule is Cc1nc2ncnn2c(C2CCN(C(=O)OC(C)(C)C)C2)c1F. The summed E-state index contributed by atoms with van der Waals surface area (Å²) in [6.07, 6.45) is 1.63. The van der Waals surface area contributed by atoms with Crippen molar-refractivity contribution in [1.29, 1.82) is 0 Å². The molecule has 1 amide bonds. The zero-order chi connectivity index (χ0) is 16.8. The molecule has 3 heterocycles. The number of likely N-dealkylation sites (tertiary alicyclic amines) is 1. The molecule has 0 N–H and O–H groups in total. The molecular formula is C15H20FN5O2. The number of aryl methyl sites for hydroxylation is 1. The van der Waals surface area contributed by atoms with Gasteiger partial charge in [-0.1, -0.05) is 0 Å². The van der Waals surface area contributed by atoms with Gasteiger partial charge in [0, 0.05) is 19.0 Å². The number of ether oxygens (including phenoxy) is 1. The Kier molecular flexibility index (Phi) is 3.69. The van der Waals surface area contributed by atoms with Gasteiger partial charge in [0.05, 0.1) is 11.4 Å². The molecule has 0 radical (unpaired) electrons. The fourth-order valence-corrected chi connectivity index (χ4v) is 2.79. The number of hydrogen-bond acceptors (Lipinski definition) is 5. The van der Waals surface area contributed by atoms with Gasteiger partial charge in [-0.15, -0.1) is 0 Å². The van der Waals surface area contributed by atoms with E-state index in [2.05, 4.69) is 15.1 Å². The lowest BCUT2D eigenvalue weighted by Gasteiger charge is -2.24. The molecule has 8 heteroatoms. The molecule has 1 aliphatic rings. The van der Waals surface area contributed by atoms with Crippen molar-refractivity contribution in [2.75, 3.05) is 13.1 Å². The molecule has 1 aliphatic heterocycles. The number of nitrogens with zero attached hydrogens (tertiary/aromatic N) is 5. The molecule has 1 saturated heterocycles. The second-order valence-electron chi connectivity index (χ2n) is 6.78. The van der Waals surface area contributed by atoms with Crippen molar-refractivity contribution in [3.8, 4) is 0 Å². The topological polar surface area (TPSA) is 72.6 Å². The molecule has 0 aliphatic carbocycles. The van der Waals surface area contributed by atoms with Crippen molar-refractivity contribution in [3.05, 3.63) is 23.5 Å². The van der Waals surface area contributed by atoms with E-state index >= 15 is 0 Å². The van der Waals surface area contributed by atoms with E-state index in [9.17, 15) is 9.18 Å². The number of aromatic nitrogens is 4. The van der Waals surface area contributed by atoms with E-state index in [1.54, 1.807) is 11.8 Å². The molecule has 23 heavy (non-hydrogen) atoms. The largest absolute Gasteiger partial charge is 0.444 e. The highest BCUT2D eigenvalue weighted by Gasteiger charge is 2.34. The molecule has 0 bridgehead atoms. The van der Waals surface area contributed by atoms with Crippen LogP contribution in [-0.4, -0.2) is 49.3 Å². The molecule has 0 spiro atoms. The van der Waals surface area contributed by atoms with Gasteiger partial charge in [0.25, 0.3) is 5.78 Å². The summed E-state index contributed by atoms with van der Waals surface area (Å²) in [6.45, 7) is 7.99. The lowest BCUT2D eigenvalue weighted by Crippen LogP contribution is -2.35. The lowest BCUT2D eigenvalue weighted by molar-refractivity contribution is 0.0292. The van der Waals surface area contributed by atoms with Crippen LogP contribution < -0.4 is 0 Å². The molecule has 124 valence electrons. The van der Waals surface area contributed by atoms with Gasteiger partial charge < -0.3 is 9.64 Å². The van der Waals surface area contributed by atoms with Gasteiger partial charge in [0.2, 0.25) is 0 Å². The molecule has 1 atom stereocenters. The van der Waals surface area contributed by atoms with Crippen molar-refractivity contribution in [3.63, 3.8) is 0 Å². The number of hydrogen-bond donors (Lipinski definition) is 0. The van der Waals surface area contributed by atoms with Crippen LogP contribution in [0.5, 0.6) is 0 Å². The zero-order valence-corrected chi connectivity index (χ0v) is 13.7. The molecule has 3 rings (SSSR count). The van der Waals surface area contributed by atoms with Crippen molar-refractivity contribution >= 4 is 11.9 Å². The van der Waals surface area contributed by atoms with Gasteiger partial charge in [0.15, 0.2) is 5.82 Å². The van der Waals surface area contributed by atoms with E-state index in [-0.39, 0.29) is 23.5 Å². The molecule has 7 nitrogen and oxygen atoms in total. The number of amides is 1. The third-order valence-electron chi connectivity index (χ3n) is 3.79. The first-order chi connectivity index (χ1) is 10.8. The van der Waals surface area contributed by atoms with Crippen LogP contribution in [0.4, 0.5) is 9.18 Å². The minimum absolute atomic E-state index is 0.159. The smallest absolute Gasteiger partial charge is 0.410 e. The first-order valence-electron chi connectivity index (χ1n) is 7.60. The highest BCUT2D eigenvalue weighted by Crippen LogP contribution is 2.30. The molecule has 1 unspecified atom stereocenters. The highest BCUT2D eigenvalue weighted by atomic mass is 19.1. The third kappa shape index (κ3) is 2.97. The zero-order valence-electron chi connectivity index (χ0n) is 13.7. The van der Waals surface area contributed by atoms with Gasteiger partial charge in [-0.2, -0.15) is 14.6 Å². The Labute approximate surface area is 133 Å². The Hall–Kier alpha value is -2.25. The molecule has 0 saturated carbocycles. The fourth-order valence-electron chi connectivity index (χ4n) is 2.79. The van der Waals surface area contributed by atoms with Gasteiger partial charge in [-0.3, -0.25) is 0 Å². The minimum atomic E-state index is -0.549. The average molecular weight is 321 g/mol. The van der Waals surface area contributed by atoms with Gasteiger partial charge in [0.1, 0.15) is 11.9 Å². The van der Waals surface area contributed by atoms with Crippen LogP contribution in [0, 0.1) is 12.7 Å². The molecule has 0 aromatic carbocycles. The first-order valence-corrected chi connectivity index (χ1v) is 7.60. The molecule has 2 aromatic heterocycles. The standard InChI is InChI=1S/C15H20FN5O2/c1-9-11(16)12(21-13(19-9)17-8-18-21)10-5-6-20(7-10)14(22)23-15(2,3)4/h8,10H,5-7H2,1-4H3. The second-order valence-corrected chi connectivity index (χ2v) is 6.78. The predicted molar refractivity (Wildman–Crippen MR) is 80.6 cm³/mol. The number of halogens is 1. The van der Waals surface area contributed by atoms with E-state index in [4.69, 9.17) is 4.74 Å². The van der Waals surface area contributed by atoms with Crippen LogP contribution in [0.2, 0.25) is 0 Å². The maximum atomic E-state index is 14.6. The van der Waals surface area contributed by atoms with Crippen LogP contribution in [0.15, 0.2) is 6.33 Å². The summed E-state index contributed by atoms with van der Waals surface area (Å²) < 4.78 is 21.4. The van der Waals surface area contributed by atoms with E-state index in [0.717, 1.165) is 0 Å². The summed E-state index contributed by atoms with van der Waals surface area (Å²) >= 11 is 0. The molecular weight excluding hydrogens is 301 g/mol. The Morgan fingerprint density at radius 3 is 2.87 bits per heavy atom. The summed E-state index contributed by atoms with van der Waals surface area (Å²) in [5, 5.41) is 4.06. The fraction of sp³-hybridized carbons (Fsp3) is 0.600. The summed E-state index contributed by atoms with van der Waals surface area (Å²) in [4.78, 5) is 21.9. The van der Waals surface area contributed by atoms with E-state index in [1.165, 1.54) is 10.8 Å². The summed E-state index contributed by atoms with van der Waals surface area (Å²) in [6, 6.07) is 0. The van der Waals surface area contributed by atoms with E-state index in [0.29, 0.717) is 31.0 Å². The Morgan fingerprint density at radius 1 is 1.43 bits per heavy atom. The number of carbonyl (C=O) groups excluding carboxylic acids is 1. The van der Waals surface area contributed by atoms with Crippen molar-refractivity contribution in [1.82, 2.24) is 24.5 Å². The van der Waals surface area contributed by atoms with Crippen molar-refractivity contribution < 1.29 is 13.9 Å². The predicted octanol–water partition coefficient (Wildman–Crippen LogP) is 2.30. The van der Waals surface area contributed by atoms with Crippen LogP contribution in [0.3, 0.4) is 0 Å². The Morgan fingerprint density at radius 2 is 2.17 bits per heavy atom. The summed E-state index contributed by atoms with van der Waals surface area (Å²) in [7, 11) is 0. The van der Waals surface area contributed by atoms with Crippen molar-refractivity contribution in [2.24, 2.45) is 0 Å².